The average Bonchev–Trinajstić information content (AvgIpc) is 3.24. The number of amides is 1. The molecule has 0 bridgehead atoms. The molecule has 124 valence electrons. The van der Waals surface area contributed by atoms with Crippen molar-refractivity contribution in [1.29, 1.82) is 0 Å². The van der Waals surface area contributed by atoms with Crippen molar-refractivity contribution in [3.05, 3.63) is 46.5 Å². The van der Waals surface area contributed by atoms with E-state index >= 15 is 0 Å². The van der Waals surface area contributed by atoms with Crippen LogP contribution in [-0.2, 0) is 16.6 Å². The molecule has 4 nitrogen and oxygen atoms in total. The Morgan fingerprint density at radius 1 is 1.39 bits per heavy atom. The number of thiophene rings is 1. The topological polar surface area (TPSA) is 62.5 Å². The van der Waals surface area contributed by atoms with Crippen LogP contribution in [0, 0.1) is 0 Å². The van der Waals surface area contributed by atoms with Crippen LogP contribution in [0.15, 0.2) is 40.3 Å². The first kappa shape index (κ1) is 16.3. The molecule has 23 heavy (non-hydrogen) atoms. The molecule has 0 saturated heterocycles. The highest BCUT2D eigenvalue weighted by Gasteiger charge is 2.43. The fourth-order valence-corrected chi connectivity index (χ4v) is 4.39. The number of carbonyl (C=O) groups is 1. The summed E-state index contributed by atoms with van der Waals surface area (Å²) in [4.78, 5) is 14.0. The highest BCUT2D eigenvalue weighted by molar-refractivity contribution is 7.10. The molecule has 0 aromatic carbocycles. The van der Waals surface area contributed by atoms with Gasteiger partial charge in [-0.2, -0.15) is 0 Å². The molecule has 0 radical (unpaired) electrons. The van der Waals surface area contributed by atoms with Crippen LogP contribution in [0.3, 0.4) is 0 Å². The molecule has 0 aliphatic heterocycles. The third-order valence-corrected chi connectivity index (χ3v) is 5.72. The highest BCUT2D eigenvalue weighted by atomic mass is 32.1. The van der Waals surface area contributed by atoms with E-state index in [2.05, 4.69) is 11.4 Å². The van der Waals surface area contributed by atoms with Gasteiger partial charge in [-0.25, -0.2) is 0 Å². The van der Waals surface area contributed by atoms with Gasteiger partial charge in [0.2, 0.25) is 5.91 Å². The number of aliphatic hydroxyl groups is 1. The predicted octanol–water partition coefficient (Wildman–Crippen LogP) is 3.26. The molecule has 2 aromatic heterocycles. The SMILES string of the molecule is C[C@@](O)(CNC(=O)C1(c2cccs2)CCCC1)Cc1ccco1. The number of hydrogen-bond acceptors (Lipinski definition) is 4. The van der Waals surface area contributed by atoms with Gasteiger partial charge in [0, 0.05) is 17.8 Å². The summed E-state index contributed by atoms with van der Waals surface area (Å²) >= 11 is 1.65. The first-order valence-corrected chi connectivity index (χ1v) is 8.97. The summed E-state index contributed by atoms with van der Waals surface area (Å²) in [6, 6.07) is 7.69. The minimum absolute atomic E-state index is 0.0390. The quantitative estimate of drug-likeness (QED) is 0.853. The lowest BCUT2D eigenvalue weighted by Gasteiger charge is -2.29. The van der Waals surface area contributed by atoms with Crippen LogP contribution in [0.1, 0.15) is 43.2 Å². The van der Waals surface area contributed by atoms with Crippen molar-refractivity contribution in [1.82, 2.24) is 5.32 Å². The Kier molecular flexibility index (Phi) is 4.60. The third-order valence-electron chi connectivity index (χ3n) is 4.65. The molecular weight excluding hydrogens is 310 g/mol. The van der Waals surface area contributed by atoms with Gasteiger partial charge in [-0.15, -0.1) is 11.3 Å². The number of rotatable bonds is 6. The van der Waals surface area contributed by atoms with Crippen LogP contribution in [0.5, 0.6) is 0 Å². The molecule has 2 aromatic rings. The van der Waals surface area contributed by atoms with Crippen LogP contribution >= 0.6 is 11.3 Å². The van der Waals surface area contributed by atoms with Crippen LogP contribution in [0.25, 0.3) is 0 Å². The van der Waals surface area contributed by atoms with E-state index in [1.165, 1.54) is 0 Å². The van der Waals surface area contributed by atoms with E-state index in [-0.39, 0.29) is 12.5 Å². The summed E-state index contributed by atoms with van der Waals surface area (Å²) in [6.07, 6.45) is 5.90. The Bertz CT molecular complexity index is 625. The second-order valence-corrected chi connectivity index (χ2v) is 7.65. The molecule has 1 aliphatic carbocycles. The zero-order valence-electron chi connectivity index (χ0n) is 13.4. The Hall–Kier alpha value is -1.59. The predicted molar refractivity (Wildman–Crippen MR) is 90.5 cm³/mol. The van der Waals surface area contributed by atoms with Crippen molar-refractivity contribution < 1.29 is 14.3 Å². The van der Waals surface area contributed by atoms with Gasteiger partial charge >= 0.3 is 0 Å². The van der Waals surface area contributed by atoms with Gasteiger partial charge < -0.3 is 14.8 Å². The van der Waals surface area contributed by atoms with Gasteiger partial charge in [-0.3, -0.25) is 4.79 Å². The van der Waals surface area contributed by atoms with Crippen molar-refractivity contribution in [3.63, 3.8) is 0 Å². The second-order valence-electron chi connectivity index (χ2n) is 6.70. The van der Waals surface area contributed by atoms with E-state index in [0.717, 1.165) is 36.3 Å². The summed E-state index contributed by atoms with van der Waals surface area (Å²) in [5.41, 5.74) is -1.43. The monoisotopic (exact) mass is 333 g/mol. The Morgan fingerprint density at radius 3 is 2.78 bits per heavy atom. The highest BCUT2D eigenvalue weighted by Crippen LogP contribution is 2.43. The molecule has 2 heterocycles. The van der Waals surface area contributed by atoms with Crippen molar-refractivity contribution in [2.75, 3.05) is 6.54 Å². The maximum atomic E-state index is 12.9. The van der Waals surface area contributed by atoms with Gasteiger partial charge in [-0.05, 0) is 43.3 Å². The molecule has 1 aliphatic rings. The lowest BCUT2D eigenvalue weighted by atomic mass is 9.83. The van der Waals surface area contributed by atoms with Crippen LogP contribution in [0.2, 0.25) is 0 Å². The Labute approximate surface area is 140 Å². The molecule has 5 heteroatoms. The third kappa shape index (κ3) is 3.51. The molecule has 1 saturated carbocycles. The largest absolute Gasteiger partial charge is 0.469 e. The van der Waals surface area contributed by atoms with E-state index < -0.39 is 11.0 Å². The van der Waals surface area contributed by atoms with Gasteiger partial charge in [0.1, 0.15) is 5.76 Å². The lowest BCUT2D eigenvalue weighted by molar-refractivity contribution is -0.127. The van der Waals surface area contributed by atoms with Crippen LogP contribution in [0.4, 0.5) is 0 Å². The smallest absolute Gasteiger partial charge is 0.231 e. The molecule has 3 rings (SSSR count). The molecule has 1 fully saturated rings. The number of carbonyl (C=O) groups excluding carboxylic acids is 1. The van der Waals surface area contributed by atoms with Crippen molar-refractivity contribution in [3.8, 4) is 0 Å². The Balaban J connectivity index is 1.66. The molecule has 1 atom stereocenters. The van der Waals surface area contributed by atoms with Crippen molar-refractivity contribution in [2.24, 2.45) is 0 Å². The van der Waals surface area contributed by atoms with E-state index in [9.17, 15) is 9.90 Å². The molecule has 1 amide bonds. The average molecular weight is 333 g/mol. The second kappa shape index (κ2) is 6.49. The number of furan rings is 1. The van der Waals surface area contributed by atoms with Gasteiger partial charge in [-0.1, -0.05) is 18.9 Å². The van der Waals surface area contributed by atoms with Crippen molar-refractivity contribution >= 4 is 17.2 Å². The normalized spacial score (nSPS) is 19.4. The maximum Gasteiger partial charge on any atom is 0.231 e. The maximum absolute atomic E-state index is 12.9. The van der Waals surface area contributed by atoms with Crippen LogP contribution < -0.4 is 5.32 Å². The van der Waals surface area contributed by atoms with E-state index in [1.807, 2.05) is 17.5 Å². The van der Waals surface area contributed by atoms with E-state index in [1.54, 1.807) is 30.6 Å². The molecule has 0 unspecified atom stereocenters. The van der Waals surface area contributed by atoms with Crippen LogP contribution in [-0.4, -0.2) is 23.2 Å². The minimum atomic E-state index is -1.03. The van der Waals surface area contributed by atoms with Gasteiger partial charge in [0.05, 0.1) is 17.3 Å². The minimum Gasteiger partial charge on any atom is -0.469 e. The molecular formula is C18H23NO3S. The first-order chi connectivity index (χ1) is 11.0. The fraction of sp³-hybridized carbons (Fsp3) is 0.500. The summed E-state index contributed by atoms with van der Waals surface area (Å²) in [7, 11) is 0. The van der Waals surface area contributed by atoms with Gasteiger partial charge in [0.25, 0.3) is 0 Å². The zero-order chi connectivity index (χ0) is 16.3. The lowest BCUT2D eigenvalue weighted by Crippen LogP contribution is -2.48. The van der Waals surface area contributed by atoms with Gasteiger partial charge in [0.15, 0.2) is 0 Å². The van der Waals surface area contributed by atoms with E-state index in [4.69, 9.17) is 4.42 Å². The standard InChI is InChI=1S/C18H23NO3S/c1-17(21,12-14-6-4-10-22-14)13-19-16(20)18(8-2-3-9-18)15-7-5-11-23-15/h4-7,10-11,21H,2-3,8-9,12-13H2,1H3,(H,19,20)/t17-/m0/s1. The fourth-order valence-electron chi connectivity index (χ4n) is 3.41. The zero-order valence-corrected chi connectivity index (χ0v) is 14.2. The number of hydrogen-bond donors (Lipinski definition) is 2. The first-order valence-electron chi connectivity index (χ1n) is 8.09. The molecule has 2 N–H and O–H groups in total. The summed E-state index contributed by atoms with van der Waals surface area (Å²) in [5, 5.41) is 15.5. The van der Waals surface area contributed by atoms with Crippen molar-refractivity contribution in [2.45, 2.75) is 50.0 Å². The van der Waals surface area contributed by atoms with E-state index in [0.29, 0.717) is 6.42 Å². The Morgan fingerprint density at radius 2 is 2.17 bits per heavy atom. The molecule has 0 spiro atoms. The number of nitrogens with one attached hydrogen (secondary N) is 1. The summed E-state index contributed by atoms with van der Waals surface area (Å²) in [6.45, 7) is 1.95. The summed E-state index contributed by atoms with van der Waals surface area (Å²) in [5.74, 6) is 0.759. The summed E-state index contributed by atoms with van der Waals surface area (Å²) < 4.78 is 5.28.